The Balaban J connectivity index is 2.04. The first-order chi connectivity index (χ1) is 7.77. The lowest BCUT2D eigenvalue weighted by Crippen LogP contribution is -2.27. The van der Waals surface area contributed by atoms with Gasteiger partial charge in [-0.1, -0.05) is 34.1 Å². The Hall–Kier alpha value is -0.800. The van der Waals surface area contributed by atoms with Crippen LogP contribution in [0.4, 0.5) is 0 Å². The predicted molar refractivity (Wildman–Crippen MR) is 69.1 cm³/mol. The highest BCUT2D eigenvalue weighted by Gasteiger charge is 2.14. The van der Waals surface area contributed by atoms with Gasteiger partial charge in [-0.2, -0.15) is 0 Å². The van der Waals surface area contributed by atoms with Crippen LogP contribution in [0.25, 0.3) is 0 Å². The molecular weight excluding hydrogens is 266 g/mol. The molecule has 2 nitrogen and oxygen atoms in total. The third-order valence-electron chi connectivity index (χ3n) is 2.84. The third-order valence-corrected chi connectivity index (χ3v) is 3.61. The van der Waals surface area contributed by atoms with Crippen molar-refractivity contribution < 1.29 is 4.74 Å². The van der Waals surface area contributed by atoms with E-state index in [0.717, 1.165) is 30.3 Å². The molecular formula is C13H16BrNO. The van der Waals surface area contributed by atoms with Crippen molar-refractivity contribution in [2.45, 2.75) is 25.3 Å². The van der Waals surface area contributed by atoms with E-state index in [9.17, 15) is 0 Å². The Bertz CT molecular complexity index is 389. The third kappa shape index (κ3) is 2.86. The van der Waals surface area contributed by atoms with E-state index in [4.69, 9.17) is 10.5 Å². The zero-order valence-electron chi connectivity index (χ0n) is 9.16. The number of ether oxygens (including phenoxy) is 1. The largest absolute Gasteiger partial charge is 0.501 e. The number of nitrogens with two attached hydrogens (primary N) is 1. The van der Waals surface area contributed by atoms with Gasteiger partial charge in [-0.05, 0) is 36.5 Å². The van der Waals surface area contributed by atoms with Crippen LogP contribution in [-0.4, -0.2) is 12.6 Å². The SMILES string of the molecule is NC(Cc1ccccc1Br)C1=COCCC1. The molecule has 1 aliphatic rings. The summed E-state index contributed by atoms with van der Waals surface area (Å²) in [5.41, 5.74) is 8.66. The van der Waals surface area contributed by atoms with Crippen molar-refractivity contribution in [3.05, 3.63) is 46.1 Å². The topological polar surface area (TPSA) is 35.2 Å². The van der Waals surface area contributed by atoms with E-state index in [1.165, 1.54) is 11.1 Å². The summed E-state index contributed by atoms with van der Waals surface area (Å²) in [4.78, 5) is 0. The van der Waals surface area contributed by atoms with E-state index in [2.05, 4.69) is 22.0 Å². The first kappa shape index (κ1) is 11.7. The van der Waals surface area contributed by atoms with Crippen molar-refractivity contribution in [3.63, 3.8) is 0 Å². The second-order valence-corrected chi connectivity index (χ2v) is 4.92. The molecule has 0 radical (unpaired) electrons. The maximum Gasteiger partial charge on any atom is 0.0876 e. The van der Waals surface area contributed by atoms with E-state index < -0.39 is 0 Å². The quantitative estimate of drug-likeness (QED) is 0.925. The molecule has 0 amide bonds. The van der Waals surface area contributed by atoms with Crippen molar-refractivity contribution in [2.24, 2.45) is 5.73 Å². The molecule has 2 N–H and O–H groups in total. The molecule has 0 aliphatic carbocycles. The van der Waals surface area contributed by atoms with Gasteiger partial charge in [-0.25, -0.2) is 0 Å². The molecule has 0 aromatic heterocycles. The number of halogens is 1. The van der Waals surface area contributed by atoms with Crippen LogP contribution in [0.15, 0.2) is 40.6 Å². The summed E-state index contributed by atoms with van der Waals surface area (Å²) >= 11 is 3.54. The van der Waals surface area contributed by atoms with E-state index in [1.807, 2.05) is 24.5 Å². The molecule has 3 heteroatoms. The molecule has 0 saturated heterocycles. The minimum atomic E-state index is 0.0685. The first-order valence-electron chi connectivity index (χ1n) is 5.57. The molecule has 1 unspecified atom stereocenters. The maximum absolute atomic E-state index is 6.18. The zero-order chi connectivity index (χ0) is 11.4. The Morgan fingerprint density at radius 3 is 2.88 bits per heavy atom. The maximum atomic E-state index is 6.18. The molecule has 1 heterocycles. The molecule has 1 aliphatic heterocycles. The van der Waals surface area contributed by atoms with Gasteiger partial charge in [-0.15, -0.1) is 0 Å². The predicted octanol–water partition coefficient (Wildman–Crippen LogP) is 3.01. The first-order valence-corrected chi connectivity index (χ1v) is 6.36. The Kier molecular flexibility index (Phi) is 4.02. The van der Waals surface area contributed by atoms with Crippen molar-refractivity contribution in [1.29, 1.82) is 0 Å². The van der Waals surface area contributed by atoms with Gasteiger partial charge in [0, 0.05) is 10.5 Å². The molecule has 0 bridgehead atoms. The van der Waals surface area contributed by atoms with Crippen LogP contribution in [-0.2, 0) is 11.2 Å². The van der Waals surface area contributed by atoms with Crippen LogP contribution in [0.2, 0.25) is 0 Å². The number of hydrogen-bond acceptors (Lipinski definition) is 2. The van der Waals surface area contributed by atoms with Gasteiger partial charge in [0.25, 0.3) is 0 Å². The van der Waals surface area contributed by atoms with Crippen LogP contribution in [0.1, 0.15) is 18.4 Å². The number of hydrogen-bond donors (Lipinski definition) is 1. The molecule has 1 aromatic carbocycles. The molecule has 0 spiro atoms. The second-order valence-electron chi connectivity index (χ2n) is 4.07. The summed E-state index contributed by atoms with van der Waals surface area (Å²) in [6.07, 6.45) is 4.84. The van der Waals surface area contributed by atoms with Gasteiger partial charge in [-0.3, -0.25) is 0 Å². The minimum absolute atomic E-state index is 0.0685. The van der Waals surface area contributed by atoms with Crippen molar-refractivity contribution in [3.8, 4) is 0 Å². The smallest absolute Gasteiger partial charge is 0.0876 e. The van der Waals surface area contributed by atoms with Crippen molar-refractivity contribution in [2.75, 3.05) is 6.61 Å². The fourth-order valence-electron chi connectivity index (χ4n) is 1.89. The highest BCUT2D eigenvalue weighted by Crippen LogP contribution is 2.21. The van der Waals surface area contributed by atoms with Crippen LogP contribution in [0.5, 0.6) is 0 Å². The highest BCUT2D eigenvalue weighted by atomic mass is 79.9. The second kappa shape index (κ2) is 5.51. The lowest BCUT2D eigenvalue weighted by atomic mass is 9.96. The number of benzene rings is 1. The van der Waals surface area contributed by atoms with E-state index in [0.29, 0.717) is 0 Å². The summed E-state index contributed by atoms with van der Waals surface area (Å²) in [5, 5.41) is 0. The summed E-state index contributed by atoms with van der Waals surface area (Å²) < 4.78 is 6.44. The van der Waals surface area contributed by atoms with Crippen LogP contribution < -0.4 is 5.73 Å². The number of rotatable bonds is 3. The highest BCUT2D eigenvalue weighted by molar-refractivity contribution is 9.10. The van der Waals surface area contributed by atoms with Gasteiger partial charge < -0.3 is 10.5 Å². The average Bonchev–Trinajstić information content (AvgIpc) is 2.33. The van der Waals surface area contributed by atoms with Gasteiger partial charge >= 0.3 is 0 Å². The molecule has 0 saturated carbocycles. The zero-order valence-corrected chi connectivity index (χ0v) is 10.7. The van der Waals surface area contributed by atoms with E-state index in [1.54, 1.807) is 0 Å². The summed E-state index contributed by atoms with van der Waals surface area (Å²) in [7, 11) is 0. The molecule has 1 aromatic rings. The Morgan fingerprint density at radius 2 is 2.19 bits per heavy atom. The standard InChI is InChI=1S/C13H16BrNO/c14-12-6-2-1-4-10(12)8-13(15)11-5-3-7-16-9-11/h1-2,4,6,9,13H,3,5,7-8,15H2. The Labute approximate surface area is 105 Å². The minimum Gasteiger partial charge on any atom is -0.501 e. The summed E-state index contributed by atoms with van der Waals surface area (Å²) in [5.74, 6) is 0. The van der Waals surface area contributed by atoms with Crippen LogP contribution in [0, 0.1) is 0 Å². The summed E-state index contributed by atoms with van der Waals surface area (Å²) in [6, 6.07) is 8.28. The fraction of sp³-hybridized carbons (Fsp3) is 0.385. The van der Waals surface area contributed by atoms with E-state index in [-0.39, 0.29) is 6.04 Å². The lowest BCUT2D eigenvalue weighted by molar-refractivity contribution is 0.221. The van der Waals surface area contributed by atoms with E-state index >= 15 is 0 Å². The monoisotopic (exact) mass is 281 g/mol. The summed E-state index contributed by atoms with van der Waals surface area (Å²) in [6.45, 7) is 0.825. The van der Waals surface area contributed by atoms with Crippen LogP contribution >= 0.6 is 15.9 Å². The molecule has 16 heavy (non-hydrogen) atoms. The lowest BCUT2D eigenvalue weighted by Gasteiger charge is -2.20. The van der Waals surface area contributed by atoms with Gasteiger partial charge in [0.05, 0.1) is 12.9 Å². The molecule has 1 atom stereocenters. The fourth-order valence-corrected chi connectivity index (χ4v) is 2.34. The Morgan fingerprint density at radius 1 is 1.38 bits per heavy atom. The van der Waals surface area contributed by atoms with Gasteiger partial charge in [0.15, 0.2) is 0 Å². The normalized spacial score (nSPS) is 17.5. The van der Waals surface area contributed by atoms with Crippen LogP contribution in [0.3, 0.4) is 0 Å². The molecule has 2 rings (SSSR count). The molecule has 86 valence electrons. The van der Waals surface area contributed by atoms with Crippen molar-refractivity contribution in [1.82, 2.24) is 0 Å². The molecule has 0 fully saturated rings. The van der Waals surface area contributed by atoms with Gasteiger partial charge in [0.2, 0.25) is 0 Å². The van der Waals surface area contributed by atoms with Gasteiger partial charge in [0.1, 0.15) is 0 Å². The average molecular weight is 282 g/mol. The van der Waals surface area contributed by atoms with Crippen molar-refractivity contribution >= 4 is 15.9 Å².